The standard InChI is InChI=1S/7C12H18N2O/c7*1-9(15)12(14-3)8-10-4-6-11(13-2)7-5-10/h7*4-7,12-14H,8H2,1-3H3/t7*12-/m1111111/s1. The third-order valence-corrected chi connectivity index (χ3v) is 17.7. The number of carbonyl (C=O) groups excluding carboxylic acids is 7. The van der Waals surface area contributed by atoms with Crippen LogP contribution in [0.5, 0.6) is 0 Å². The molecule has 0 radical (unpaired) electrons. The average molecular weight is 1440 g/mol. The fraction of sp³-hybridized carbons (Fsp3) is 0.417. The molecule has 7 atom stereocenters. The second-order valence-electron chi connectivity index (χ2n) is 25.2. The number of carbonyl (C=O) groups is 7. The number of hydrogen-bond donors (Lipinski definition) is 14. The van der Waals surface area contributed by atoms with Gasteiger partial charge in [0.05, 0.1) is 42.3 Å². The van der Waals surface area contributed by atoms with Gasteiger partial charge >= 0.3 is 0 Å². The van der Waals surface area contributed by atoms with Gasteiger partial charge < -0.3 is 74.4 Å². The predicted molar refractivity (Wildman–Crippen MR) is 443 cm³/mol. The maximum absolute atomic E-state index is 11.2. The second kappa shape index (κ2) is 54.2. The molecule has 0 aliphatic heterocycles. The molecular formula is C84H126N14O7. The van der Waals surface area contributed by atoms with Crippen LogP contribution >= 0.6 is 0 Å². The van der Waals surface area contributed by atoms with Gasteiger partial charge in [-0.3, -0.25) is 33.6 Å². The summed E-state index contributed by atoms with van der Waals surface area (Å²) in [7, 11) is 25.9. The quantitative estimate of drug-likeness (QED) is 0.0176. The van der Waals surface area contributed by atoms with Crippen molar-refractivity contribution in [2.45, 2.75) is 136 Å². The molecule has 21 heteroatoms. The minimum atomic E-state index is -0.0783. The van der Waals surface area contributed by atoms with Crippen molar-refractivity contribution in [3.05, 3.63) is 209 Å². The van der Waals surface area contributed by atoms with Crippen molar-refractivity contribution in [1.82, 2.24) is 37.2 Å². The van der Waals surface area contributed by atoms with Gasteiger partial charge in [0.2, 0.25) is 0 Å². The van der Waals surface area contributed by atoms with Gasteiger partial charge in [0, 0.05) is 89.1 Å². The predicted octanol–water partition coefficient (Wildman–Crippen LogP) is 10.1. The number of anilines is 7. The Kier molecular flexibility index (Phi) is 48.3. The lowest BCUT2D eigenvalue weighted by atomic mass is 10.0. The van der Waals surface area contributed by atoms with Crippen LogP contribution in [-0.2, 0) is 78.5 Å². The number of hydrogen-bond acceptors (Lipinski definition) is 21. The van der Waals surface area contributed by atoms with Crippen LogP contribution < -0.4 is 74.4 Å². The molecule has 0 heterocycles. The zero-order valence-electron chi connectivity index (χ0n) is 66.5. The van der Waals surface area contributed by atoms with Crippen molar-refractivity contribution in [1.29, 1.82) is 0 Å². The number of benzene rings is 7. The lowest BCUT2D eigenvalue weighted by molar-refractivity contribution is -0.119. The molecule has 14 N–H and O–H groups in total. The molecule has 7 aromatic rings. The first kappa shape index (κ1) is 93.6. The molecular weight excluding hydrogens is 1320 g/mol. The van der Waals surface area contributed by atoms with Gasteiger partial charge in [0.25, 0.3) is 0 Å². The Morgan fingerprint density at radius 3 is 0.324 bits per heavy atom. The monoisotopic (exact) mass is 1440 g/mol. The molecule has 0 aliphatic rings. The Labute approximate surface area is 628 Å². The minimum absolute atomic E-state index is 0.0783. The Morgan fingerprint density at radius 2 is 0.267 bits per heavy atom. The van der Waals surface area contributed by atoms with E-state index in [0.717, 1.165) is 84.8 Å². The van der Waals surface area contributed by atoms with E-state index in [4.69, 9.17) is 0 Å². The molecule has 0 fully saturated rings. The number of rotatable bonds is 35. The van der Waals surface area contributed by atoms with Crippen LogP contribution in [0.3, 0.4) is 0 Å². The van der Waals surface area contributed by atoms with Crippen LogP contribution in [0.2, 0.25) is 0 Å². The molecule has 0 saturated heterocycles. The van der Waals surface area contributed by atoms with Crippen molar-refractivity contribution in [2.24, 2.45) is 0 Å². The van der Waals surface area contributed by atoms with Gasteiger partial charge in [0.1, 0.15) is 40.5 Å². The van der Waals surface area contributed by atoms with Crippen molar-refractivity contribution < 1.29 is 33.6 Å². The first-order valence-electron chi connectivity index (χ1n) is 35.8. The highest BCUT2D eigenvalue weighted by molar-refractivity contribution is 5.84. The zero-order chi connectivity index (χ0) is 78.8. The van der Waals surface area contributed by atoms with E-state index in [-0.39, 0.29) is 82.8 Å². The van der Waals surface area contributed by atoms with Crippen LogP contribution in [0, 0.1) is 0 Å². The van der Waals surface area contributed by atoms with E-state index >= 15 is 0 Å². The third-order valence-electron chi connectivity index (χ3n) is 17.7. The van der Waals surface area contributed by atoms with Crippen LogP contribution in [0.4, 0.5) is 39.8 Å². The molecule has 0 spiro atoms. The Morgan fingerprint density at radius 1 is 0.181 bits per heavy atom. The fourth-order valence-corrected chi connectivity index (χ4v) is 10.4. The van der Waals surface area contributed by atoms with Crippen molar-refractivity contribution in [2.75, 3.05) is 136 Å². The van der Waals surface area contributed by atoms with E-state index in [0.29, 0.717) is 0 Å². The fourth-order valence-electron chi connectivity index (χ4n) is 10.4. The van der Waals surface area contributed by atoms with E-state index in [2.05, 4.69) is 74.4 Å². The molecule has 0 unspecified atom stereocenters. The molecule has 7 aromatic carbocycles. The van der Waals surface area contributed by atoms with Crippen LogP contribution in [0.1, 0.15) is 87.4 Å². The summed E-state index contributed by atoms with van der Waals surface area (Å²) in [4.78, 5) is 78.6. The highest BCUT2D eigenvalue weighted by Crippen LogP contribution is 2.17. The van der Waals surface area contributed by atoms with E-state index in [9.17, 15) is 33.6 Å². The normalized spacial score (nSPS) is 12.2. The molecule has 105 heavy (non-hydrogen) atoms. The lowest BCUT2D eigenvalue weighted by Crippen LogP contribution is -2.34. The summed E-state index contributed by atoms with van der Waals surface area (Å²) in [5, 5.41) is 42.5. The average Bonchev–Trinajstić information content (AvgIpc) is 0.957. The van der Waals surface area contributed by atoms with E-state index in [1.165, 1.54) is 38.9 Å². The van der Waals surface area contributed by atoms with Crippen LogP contribution in [0.25, 0.3) is 0 Å². The van der Waals surface area contributed by atoms with Crippen molar-refractivity contribution in [3.63, 3.8) is 0 Å². The maximum Gasteiger partial charge on any atom is 0.147 e. The molecule has 0 bridgehead atoms. The molecule has 21 nitrogen and oxygen atoms in total. The number of likely N-dealkylation sites (N-methyl/N-ethyl adjacent to an activating group) is 7. The van der Waals surface area contributed by atoms with E-state index < -0.39 is 0 Å². The van der Waals surface area contributed by atoms with Crippen LogP contribution in [-0.4, -0.2) is 181 Å². The largest absolute Gasteiger partial charge is 0.388 e. The molecule has 0 aromatic heterocycles. The SMILES string of the molecule is CNc1ccc(C[C@@H](NC)C(C)=O)cc1.CNc1ccc(C[C@@H](NC)C(C)=O)cc1.CNc1ccc(C[C@@H](NC)C(C)=O)cc1.CNc1ccc(C[C@@H](NC)C(C)=O)cc1.CNc1ccc(C[C@@H](NC)C(C)=O)cc1.CNc1ccc(C[C@@H](NC)C(C)=O)cc1.CNc1ccc(C[C@@H](NC)C(C)=O)cc1. The van der Waals surface area contributed by atoms with Crippen molar-refractivity contribution in [3.8, 4) is 0 Å². The summed E-state index contributed by atoms with van der Waals surface area (Å²) in [5.41, 5.74) is 15.8. The van der Waals surface area contributed by atoms with Gasteiger partial charge in [-0.05, 0) is 267 Å². The van der Waals surface area contributed by atoms with E-state index in [1.807, 2.05) is 269 Å². The smallest absolute Gasteiger partial charge is 0.147 e. The summed E-state index contributed by atoms with van der Waals surface area (Å²) in [6.07, 6.45) is 5.22. The second-order valence-corrected chi connectivity index (χ2v) is 25.2. The highest BCUT2D eigenvalue weighted by Gasteiger charge is 2.17. The zero-order valence-corrected chi connectivity index (χ0v) is 66.5. The van der Waals surface area contributed by atoms with Gasteiger partial charge in [-0.1, -0.05) is 84.9 Å². The topological polar surface area (TPSA) is 288 Å². The molecule has 574 valence electrons. The van der Waals surface area contributed by atoms with Crippen LogP contribution in [0.15, 0.2) is 170 Å². The third kappa shape index (κ3) is 38.8. The summed E-state index contributed by atoms with van der Waals surface area (Å²) in [6.45, 7) is 11.3. The Balaban J connectivity index is 0.000000612. The highest BCUT2D eigenvalue weighted by atomic mass is 16.2. The first-order chi connectivity index (χ1) is 50.2. The minimum Gasteiger partial charge on any atom is -0.388 e. The molecule has 0 aliphatic carbocycles. The summed E-state index contributed by atoms with van der Waals surface area (Å²) >= 11 is 0. The lowest BCUT2D eigenvalue weighted by Gasteiger charge is -2.12. The van der Waals surface area contributed by atoms with Crippen molar-refractivity contribution >= 4 is 80.3 Å². The molecule has 0 saturated carbocycles. The first-order valence-corrected chi connectivity index (χ1v) is 35.8. The van der Waals surface area contributed by atoms with Gasteiger partial charge in [-0.25, -0.2) is 0 Å². The number of ketones is 7. The summed E-state index contributed by atoms with van der Waals surface area (Å²) < 4.78 is 0. The Bertz CT molecular complexity index is 2900. The van der Waals surface area contributed by atoms with Gasteiger partial charge in [-0.2, -0.15) is 0 Å². The molecule has 0 amide bonds. The Hall–Kier alpha value is -9.45. The van der Waals surface area contributed by atoms with Gasteiger partial charge in [0.15, 0.2) is 0 Å². The molecule has 7 rings (SSSR count). The van der Waals surface area contributed by atoms with Gasteiger partial charge in [-0.15, -0.1) is 0 Å². The number of nitrogens with one attached hydrogen (secondary N) is 14. The summed E-state index contributed by atoms with van der Waals surface area (Å²) in [6, 6.07) is 56.2. The summed E-state index contributed by atoms with van der Waals surface area (Å²) in [5.74, 6) is 1.23. The maximum atomic E-state index is 11.2. The van der Waals surface area contributed by atoms with E-state index in [1.54, 1.807) is 48.5 Å². The number of Topliss-reactive ketones (excluding diaryl/α,β-unsaturated/α-hetero) is 7.